The van der Waals surface area contributed by atoms with Crippen LogP contribution in [-0.2, 0) is 24.3 Å². The third-order valence-electron chi connectivity index (χ3n) is 4.39. The molecule has 1 aromatic carbocycles. The van der Waals surface area contributed by atoms with E-state index >= 15 is 0 Å². The van der Waals surface area contributed by atoms with Crippen LogP contribution in [0.4, 0.5) is 0 Å². The number of fused-ring (bicyclic) bond motifs is 1. The van der Waals surface area contributed by atoms with Gasteiger partial charge >= 0.3 is 0 Å². The van der Waals surface area contributed by atoms with Gasteiger partial charge in [-0.2, -0.15) is 0 Å². The number of hydrogen-bond donors (Lipinski definition) is 0. The Bertz CT molecular complexity index is 787. The summed E-state index contributed by atoms with van der Waals surface area (Å²) >= 11 is 0. The average molecular weight is 337 g/mol. The van der Waals surface area contributed by atoms with Gasteiger partial charge in [0, 0.05) is 0 Å². The topological polar surface area (TPSA) is 55.8 Å². The molecule has 5 nitrogen and oxygen atoms in total. The van der Waals surface area contributed by atoms with Crippen LogP contribution in [0.5, 0.6) is 5.75 Å². The fourth-order valence-corrected chi connectivity index (χ4v) is 3.14. The summed E-state index contributed by atoms with van der Waals surface area (Å²) in [5, 5.41) is 0. The van der Waals surface area contributed by atoms with E-state index in [1.165, 1.54) is 0 Å². The molecule has 1 amide bonds. The van der Waals surface area contributed by atoms with Gasteiger partial charge in [0.05, 0.1) is 31.5 Å². The van der Waals surface area contributed by atoms with Gasteiger partial charge in [0.1, 0.15) is 23.9 Å². The van der Waals surface area contributed by atoms with Gasteiger partial charge in [-0.15, -0.1) is 0 Å². The largest absolute Gasteiger partial charge is 0.492 e. The van der Waals surface area contributed by atoms with Crippen molar-refractivity contribution in [1.29, 1.82) is 0 Å². The standard InChI is InChI=1S/C20H19NO4/c22-20(16-11-15-5-1-2-8-19(15)25-14-16)21(12-17-6-3-9-23-17)13-18-7-4-10-24-18/h1-10,16H,11-14H2. The molecule has 0 aliphatic carbocycles. The molecular formula is C20H19NO4. The van der Waals surface area contributed by atoms with Crippen molar-refractivity contribution in [2.45, 2.75) is 19.5 Å². The molecule has 0 fully saturated rings. The molecule has 1 aliphatic rings. The second-order valence-corrected chi connectivity index (χ2v) is 6.17. The molecule has 128 valence electrons. The van der Waals surface area contributed by atoms with E-state index in [9.17, 15) is 4.79 Å². The molecule has 1 aliphatic heterocycles. The zero-order chi connectivity index (χ0) is 17.1. The summed E-state index contributed by atoms with van der Waals surface area (Å²) in [5.41, 5.74) is 1.07. The number of nitrogens with zero attached hydrogens (tertiary/aromatic N) is 1. The molecule has 0 N–H and O–H groups in total. The van der Waals surface area contributed by atoms with Gasteiger partial charge in [-0.05, 0) is 42.3 Å². The van der Waals surface area contributed by atoms with Crippen LogP contribution in [0.2, 0.25) is 0 Å². The van der Waals surface area contributed by atoms with Gasteiger partial charge in [-0.1, -0.05) is 18.2 Å². The number of furan rings is 2. The first-order valence-corrected chi connectivity index (χ1v) is 8.34. The molecule has 3 aromatic rings. The summed E-state index contributed by atoms with van der Waals surface area (Å²) < 4.78 is 16.6. The van der Waals surface area contributed by atoms with E-state index in [2.05, 4.69) is 0 Å². The molecule has 0 saturated heterocycles. The van der Waals surface area contributed by atoms with E-state index in [1.54, 1.807) is 17.4 Å². The maximum absolute atomic E-state index is 13.1. The minimum atomic E-state index is -0.208. The maximum Gasteiger partial charge on any atom is 0.230 e. The zero-order valence-electron chi connectivity index (χ0n) is 13.8. The predicted molar refractivity (Wildman–Crippen MR) is 90.8 cm³/mol. The third kappa shape index (κ3) is 3.45. The summed E-state index contributed by atoms with van der Waals surface area (Å²) in [7, 11) is 0. The number of carbonyl (C=O) groups is 1. The van der Waals surface area contributed by atoms with Crippen LogP contribution in [0.1, 0.15) is 17.1 Å². The molecule has 0 bridgehead atoms. The van der Waals surface area contributed by atoms with Crippen molar-refractivity contribution in [1.82, 2.24) is 4.90 Å². The molecule has 0 radical (unpaired) electrons. The Kier molecular flexibility index (Phi) is 4.29. The van der Waals surface area contributed by atoms with Crippen LogP contribution >= 0.6 is 0 Å². The lowest BCUT2D eigenvalue weighted by Crippen LogP contribution is -2.40. The van der Waals surface area contributed by atoms with Gasteiger partial charge < -0.3 is 18.5 Å². The van der Waals surface area contributed by atoms with E-state index in [1.807, 2.05) is 48.5 Å². The summed E-state index contributed by atoms with van der Waals surface area (Å²) in [4.78, 5) is 14.9. The number of rotatable bonds is 5. The number of hydrogen-bond acceptors (Lipinski definition) is 4. The zero-order valence-corrected chi connectivity index (χ0v) is 13.8. The third-order valence-corrected chi connectivity index (χ3v) is 4.39. The molecule has 3 heterocycles. The number of benzene rings is 1. The van der Waals surface area contributed by atoms with Crippen LogP contribution < -0.4 is 4.74 Å². The van der Waals surface area contributed by atoms with E-state index in [0.717, 1.165) is 22.8 Å². The van der Waals surface area contributed by atoms with Crippen LogP contribution in [-0.4, -0.2) is 17.4 Å². The Morgan fingerprint density at radius 1 is 0.960 bits per heavy atom. The van der Waals surface area contributed by atoms with Gasteiger partial charge in [0.15, 0.2) is 0 Å². The SMILES string of the molecule is O=C(C1COc2ccccc2C1)N(Cc1ccco1)Cc1ccco1. The Labute approximate surface area is 145 Å². The fraction of sp³-hybridized carbons (Fsp3) is 0.250. The summed E-state index contributed by atoms with van der Waals surface area (Å²) in [6.45, 7) is 1.21. The van der Waals surface area contributed by atoms with Crippen molar-refractivity contribution in [2.75, 3.05) is 6.61 Å². The molecule has 0 spiro atoms. The number of carbonyl (C=O) groups excluding carboxylic acids is 1. The molecule has 4 rings (SSSR count). The van der Waals surface area contributed by atoms with Crippen LogP contribution in [0, 0.1) is 5.92 Å². The van der Waals surface area contributed by atoms with Crippen LogP contribution in [0.25, 0.3) is 0 Å². The van der Waals surface area contributed by atoms with Gasteiger partial charge in [-0.3, -0.25) is 4.79 Å². The Morgan fingerprint density at radius 3 is 2.28 bits per heavy atom. The first kappa shape index (κ1) is 15.6. The van der Waals surface area contributed by atoms with Crippen LogP contribution in [0.15, 0.2) is 69.9 Å². The van der Waals surface area contributed by atoms with Crippen molar-refractivity contribution in [3.8, 4) is 5.75 Å². The predicted octanol–water partition coefficient (Wildman–Crippen LogP) is 3.65. The normalized spacial score (nSPS) is 16.1. The maximum atomic E-state index is 13.1. The van der Waals surface area contributed by atoms with E-state index < -0.39 is 0 Å². The molecule has 2 aromatic heterocycles. The Hall–Kier alpha value is -2.95. The van der Waals surface area contributed by atoms with E-state index in [4.69, 9.17) is 13.6 Å². The van der Waals surface area contributed by atoms with Crippen molar-refractivity contribution in [2.24, 2.45) is 5.92 Å². The van der Waals surface area contributed by atoms with E-state index in [0.29, 0.717) is 26.1 Å². The average Bonchev–Trinajstić information content (AvgIpc) is 3.34. The van der Waals surface area contributed by atoms with Crippen molar-refractivity contribution >= 4 is 5.91 Å². The lowest BCUT2D eigenvalue weighted by molar-refractivity contribution is -0.138. The van der Waals surface area contributed by atoms with Crippen molar-refractivity contribution in [3.05, 3.63) is 78.1 Å². The molecule has 1 atom stereocenters. The lowest BCUT2D eigenvalue weighted by atomic mass is 9.95. The smallest absolute Gasteiger partial charge is 0.230 e. The minimum absolute atomic E-state index is 0.0438. The fourth-order valence-electron chi connectivity index (χ4n) is 3.14. The van der Waals surface area contributed by atoms with Gasteiger partial charge in [0.2, 0.25) is 5.91 Å². The molecular weight excluding hydrogens is 318 g/mol. The van der Waals surface area contributed by atoms with E-state index in [-0.39, 0.29) is 11.8 Å². The van der Waals surface area contributed by atoms with Gasteiger partial charge in [0.25, 0.3) is 0 Å². The van der Waals surface area contributed by atoms with Crippen molar-refractivity contribution in [3.63, 3.8) is 0 Å². The summed E-state index contributed by atoms with van der Waals surface area (Å²) in [6, 6.07) is 15.3. The molecule has 25 heavy (non-hydrogen) atoms. The molecule has 5 heteroatoms. The second-order valence-electron chi connectivity index (χ2n) is 6.17. The highest BCUT2D eigenvalue weighted by Crippen LogP contribution is 2.28. The number of amides is 1. The van der Waals surface area contributed by atoms with Crippen molar-refractivity contribution < 1.29 is 18.4 Å². The monoisotopic (exact) mass is 337 g/mol. The molecule has 0 saturated carbocycles. The minimum Gasteiger partial charge on any atom is -0.492 e. The quantitative estimate of drug-likeness (QED) is 0.713. The first-order valence-electron chi connectivity index (χ1n) is 8.34. The second kappa shape index (κ2) is 6.89. The molecule has 1 unspecified atom stereocenters. The summed E-state index contributed by atoms with van der Waals surface area (Å²) in [5.74, 6) is 2.20. The Balaban J connectivity index is 1.53. The number of para-hydroxylation sites is 1. The highest BCUT2D eigenvalue weighted by molar-refractivity contribution is 5.79. The van der Waals surface area contributed by atoms with Crippen LogP contribution in [0.3, 0.4) is 0 Å². The highest BCUT2D eigenvalue weighted by Gasteiger charge is 2.30. The highest BCUT2D eigenvalue weighted by atomic mass is 16.5. The summed E-state index contributed by atoms with van der Waals surface area (Å²) in [6.07, 6.45) is 3.91. The first-order chi connectivity index (χ1) is 12.3. The van der Waals surface area contributed by atoms with Gasteiger partial charge in [-0.25, -0.2) is 0 Å². The lowest BCUT2D eigenvalue weighted by Gasteiger charge is -2.29. The number of ether oxygens (including phenoxy) is 1. The Morgan fingerprint density at radius 2 is 1.64 bits per heavy atom.